The third-order valence-electron chi connectivity index (χ3n) is 12.4. The molecule has 0 radical (unpaired) electrons. The van der Waals surface area contributed by atoms with Crippen molar-refractivity contribution in [1.82, 2.24) is 0 Å². The monoisotopic (exact) mass is 783 g/mol. The van der Waals surface area contributed by atoms with Crippen LogP contribution in [-0.2, 0) is 0 Å². The van der Waals surface area contributed by atoms with Crippen molar-refractivity contribution in [3.05, 3.63) is 224 Å². The third kappa shape index (κ3) is 5.21. The first-order valence-electron chi connectivity index (χ1n) is 20.5. The van der Waals surface area contributed by atoms with E-state index in [1.807, 2.05) is 12.1 Å². The summed E-state index contributed by atoms with van der Waals surface area (Å²) in [5, 5.41) is 12.3. The minimum atomic E-state index is -2.94. The van der Waals surface area contributed by atoms with Crippen LogP contribution in [-0.4, -0.2) is 8.07 Å². The second-order valence-electron chi connectivity index (χ2n) is 15.6. The van der Waals surface area contributed by atoms with E-state index in [1.54, 1.807) is 0 Å². The smallest absolute Gasteiger partial charge is 0.188 e. The van der Waals surface area contributed by atoms with Crippen LogP contribution < -0.4 is 30.4 Å². The van der Waals surface area contributed by atoms with Crippen molar-refractivity contribution in [1.29, 1.82) is 0 Å². The molecular formula is C56H37NO2Si. The highest BCUT2D eigenvalue weighted by molar-refractivity contribution is 7.21. The van der Waals surface area contributed by atoms with Gasteiger partial charge in [-0.3, -0.25) is 0 Å². The van der Waals surface area contributed by atoms with E-state index < -0.39 is 8.07 Å². The van der Waals surface area contributed by atoms with Gasteiger partial charge in [0.15, 0.2) is 8.07 Å². The summed E-state index contributed by atoms with van der Waals surface area (Å²) in [5.74, 6) is 1.85. The van der Waals surface area contributed by atoms with Gasteiger partial charge >= 0.3 is 0 Å². The molecule has 0 unspecified atom stereocenters. The highest BCUT2D eigenvalue weighted by Gasteiger charge is 2.48. The molecule has 282 valence electrons. The van der Waals surface area contributed by atoms with Gasteiger partial charge in [0.1, 0.15) is 22.7 Å². The number of para-hydroxylation sites is 3. The van der Waals surface area contributed by atoms with Crippen molar-refractivity contribution in [2.24, 2.45) is 0 Å². The summed E-state index contributed by atoms with van der Waals surface area (Å²) in [4.78, 5) is 2.40. The number of fused-ring (bicyclic) bond motifs is 7. The highest BCUT2D eigenvalue weighted by Crippen LogP contribution is 2.43. The van der Waals surface area contributed by atoms with Crippen molar-refractivity contribution in [3.63, 3.8) is 0 Å². The van der Waals surface area contributed by atoms with Gasteiger partial charge in [0.25, 0.3) is 0 Å². The molecule has 4 heteroatoms. The third-order valence-corrected chi connectivity index (χ3v) is 17.3. The lowest BCUT2D eigenvalue weighted by Crippen LogP contribution is -2.76. The lowest BCUT2D eigenvalue weighted by molar-refractivity contribution is 0.487. The van der Waals surface area contributed by atoms with E-state index in [9.17, 15) is 0 Å². The summed E-state index contributed by atoms with van der Waals surface area (Å²) in [6, 6.07) is 81.3. The Hall–Kier alpha value is -7.66. The molecule has 0 fully saturated rings. The molecule has 0 saturated carbocycles. The molecule has 2 heterocycles. The molecule has 1 aliphatic rings. The first-order valence-corrected chi connectivity index (χ1v) is 22.5. The maximum absolute atomic E-state index is 6.71. The van der Waals surface area contributed by atoms with E-state index in [0.717, 1.165) is 50.5 Å². The number of benzene rings is 10. The number of furan rings is 1. The van der Waals surface area contributed by atoms with Gasteiger partial charge in [-0.15, -0.1) is 0 Å². The van der Waals surface area contributed by atoms with E-state index in [2.05, 4.69) is 217 Å². The number of ether oxygens (including phenoxy) is 1. The van der Waals surface area contributed by atoms with Gasteiger partial charge < -0.3 is 14.1 Å². The lowest BCUT2D eigenvalue weighted by atomic mass is 9.98. The van der Waals surface area contributed by atoms with E-state index in [4.69, 9.17) is 9.15 Å². The Labute approximate surface area is 349 Å². The van der Waals surface area contributed by atoms with Crippen molar-refractivity contribution in [3.8, 4) is 22.6 Å². The molecule has 0 N–H and O–H groups in total. The van der Waals surface area contributed by atoms with Crippen LogP contribution in [0.1, 0.15) is 0 Å². The highest BCUT2D eigenvalue weighted by atomic mass is 28.3. The first-order chi connectivity index (χ1) is 29.8. The van der Waals surface area contributed by atoms with Gasteiger partial charge in [0, 0.05) is 33.6 Å². The van der Waals surface area contributed by atoms with Gasteiger partial charge in [0.05, 0.1) is 5.69 Å². The van der Waals surface area contributed by atoms with Crippen LogP contribution in [0.4, 0.5) is 17.1 Å². The number of nitrogens with zero attached hydrogens (tertiary/aromatic N) is 1. The predicted molar refractivity (Wildman–Crippen MR) is 253 cm³/mol. The SMILES string of the molecule is c1ccc([Si]2(c3cccc4c(N(c5ccc(-c6cccc7ccccc67)cc5)c5ccc6c(c5)oc5ccccc56)cccc34)c3ccccc3Oc3ccccc32)cc1. The molecule has 12 rings (SSSR count). The van der Waals surface area contributed by atoms with Gasteiger partial charge in [-0.1, -0.05) is 170 Å². The van der Waals surface area contributed by atoms with Crippen LogP contribution in [0, 0.1) is 0 Å². The molecule has 1 aromatic heterocycles. The maximum Gasteiger partial charge on any atom is 0.188 e. The summed E-state index contributed by atoms with van der Waals surface area (Å²) in [5.41, 5.74) is 7.32. The molecule has 1 aliphatic heterocycles. The van der Waals surface area contributed by atoms with Crippen LogP contribution in [0.25, 0.3) is 54.6 Å². The topological polar surface area (TPSA) is 25.6 Å². The van der Waals surface area contributed by atoms with Crippen LogP contribution in [0.5, 0.6) is 11.5 Å². The number of hydrogen-bond acceptors (Lipinski definition) is 3. The fraction of sp³-hybridized carbons (Fsp3) is 0. The Morgan fingerprint density at radius 3 is 1.77 bits per heavy atom. The summed E-state index contributed by atoms with van der Waals surface area (Å²) in [6.07, 6.45) is 0. The van der Waals surface area contributed by atoms with Gasteiger partial charge in [-0.2, -0.15) is 0 Å². The molecule has 0 spiro atoms. The predicted octanol–water partition coefficient (Wildman–Crippen LogP) is 12.5. The zero-order valence-electron chi connectivity index (χ0n) is 32.6. The molecule has 0 bridgehead atoms. The van der Waals surface area contributed by atoms with Crippen LogP contribution >= 0.6 is 0 Å². The zero-order valence-corrected chi connectivity index (χ0v) is 33.6. The Kier molecular flexibility index (Phi) is 7.87. The molecule has 3 nitrogen and oxygen atoms in total. The zero-order chi connectivity index (χ0) is 39.6. The molecule has 10 aromatic carbocycles. The van der Waals surface area contributed by atoms with Crippen molar-refractivity contribution in [2.45, 2.75) is 0 Å². The molecular weight excluding hydrogens is 747 g/mol. The van der Waals surface area contributed by atoms with E-state index in [1.165, 1.54) is 53.4 Å². The summed E-state index contributed by atoms with van der Waals surface area (Å²) < 4.78 is 13.2. The first kappa shape index (κ1) is 34.4. The van der Waals surface area contributed by atoms with Crippen LogP contribution in [0.3, 0.4) is 0 Å². The quantitative estimate of drug-likeness (QED) is 0.157. The summed E-state index contributed by atoms with van der Waals surface area (Å²) >= 11 is 0. The minimum Gasteiger partial charge on any atom is -0.458 e. The lowest BCUT2D eigenvalue weighted by Gasteiger charge is -2.40. The largest absolute Gasteiger partial charge is 0.458 e. The fourth-order valence-electron chi connectivity index (χ4n) is 9.80. The molecule has 0 aliphatic carbocycles. The summed E-state index contributed by atoms with van der Waals surface area (Å²) in [7, 11) is -2.94. The molecule has 11 aromatic rings. The molecule has 0 amide bonds. The minimum absolute atomic E-state index is 0.859. The average molecular weight is 784 g/mol. The average Bonchev–Trinajstić information content (AvgIpc) is 3.69. The van der Waals surface area contributed by atoms with Crippen molar-refractivity contribution in [2.75, 3.05) is 4.90 Å². The van der Waals surface area contributed by atoms with E-state index in [-0.39, 0.29) is 0 Å². The standard InChI is InChI=1S/C56H37NO2Si/c1-2-17-42(18-3-1)60(55-28-10-8-26-51(55)59-52-27-9-11-29-56(52)60)54-30-14-22-45-48(54)23-13-24-49(45)57(41-35-36-47-46-20-6-7-25-50(46)58-53(47)37-41)40-33-31-39(32-34-40)44-21-12-16-38-15-4-5-19-43(38)44/h1-37H. The van der Waals surface area contributed by atoms with Gasteiger partial charge in [-0.25, -0.2) is 0 Å². The Morgan fingerprint density at radius 1 is 0.367 bits per heavy atom. The second-order valence-corrected chi connectivity index (χ2v) is 19.3. The fourth-order valence-corrected chi connectivity index (χ4v) is 15.0. The van der Waals surface area contributed by atoms with E-state index in [0.29, 0.717) is 0 Å². The van der Waals surface area contributed by atoms with Crippen molar-refractivity contribution < 1.29 is 9.15 Å². The Balaban J connectivity index is 1.11. The maximum atomic E-state index is 6.71. The number of anilines is 3. The number of hydrogen-bond donors (Lipinski definition) is 0. The molecule has 60 heavy (non-hydrogen) atoms. The van der Waals surface area contributed by atoms with E-state index >= 15 is 0 Å². The molecule has 0 atom stereocenters. The van der Waals surface area contributed by atoms with Gasteiger partial charge in [-0.05, 0) is 96.6 Å². The second kappa shape index (κ2) is 13.7. The van der Waals surface area contributed by atoms with Crippen LogP contribution in [0.2, 0.25) is 0 Å². The number of rotatable bonds is 6. The molecule has 0 saturated heterocycles. The Morgan fingerprint density at radius 2 is 0.950 bits per heavy atom. The van der Waals surface area contributed by atoms with Crippen LogP contribution in [0.15, 0.2) is 229 Å². The van der Waals surface area contributed by atoms with Gasteiger partial charge in [0.2, 0.25) is 0 Å². The Bertz CT molecular complexity index is 3380. The summed E-state index contributed by atoms with van der Waals surface area (Å²) in [6.45, 7) is 0. The van der Waals surface area contributed by atoms with Crippen molar-refractivity contribution >= 4 is 89.4 Å². The normalized spacial score (nSPS) is 12.9.